The van der Waals surface area contributed by atoms with E-state index in [1.54, 1.807) is 11.8 Å². The fourth-order valence-electron chi connectivity index (χ4n) is 3.25. The molecule has 2 aliphatic heterocycles. The summed E-state index contributed by atoms with van der Waals surface area (Å²) in [7, 11) is 0. The van der Waals surface area contributed by atoms with Gasteiger partial charge in [-0.25, -0.2) is 4.98 Å². The molecule has 3 heterocycles. The molecule has 1 N–H and O–H groups in total. The van der Waals surface area contributed by atoms with Crippen molar-refractivity contribution in [3.63, 3.8) is 0 Å². The molecule has 2 atom stereocenters. The van der Waals surface area contributed by atoms with E-state index < -0.39 is 0 Å². The van der Waals surface area contributed by atoms with Crippen molar-refractivity contribution < 1.29 is 14.3 Å². The van der Waals surface area contributed by atoms with Crippen LogP contribution in [0, 0.1) is 11.8 Å². The molecule has 0 unspecified atom stereocenters. The fraction of sp³-hybridized carbons (Fsp3) is 0.733. The molecule has 0 saturated carbocycles. The number of aromatic nitrogens is 1. The number of nitrogens with zero attached hydrogens (tertiary/aromatic N) is 1. The lowest BCUT2D eigenvalue weighted by Crippen LogP contribution is -2.49. The molecule has 3 rings (SSSR count). The first-order valence-electron chi connectivity index (χ1n) is 7.74. The van der Waals surface area contributed by atoms with E-state index in [4.69, 9.17) is 9.47 Å². The summed E-state index contributed by atoms with van der Waals surface area (Å²) in [5.74, 6) is 0.914. The van der Waals surface area contributed by atoms with E-state index in [0.717, 1.165) is 50.0 Å². The van der Waals surface area contributed by atoms with Gasteiger partial charge in [-0.1, -0.05) is 11.8 Å². The number of ether oxygens (including phenoxy) is 2. The van der Waals surface area contributed by atoms with Gasteiger partial charge in [0.05, 0.1) is 6.61 Å². The van der Waals surface area contributed by atoms with E-state index in [1.807, 2.05) is 11.6 Å². The van der Waals surface area contributed by atoms with Gasteiger partial charge in [-0.15, -0.1) is 11.3 Å². The lowest BCUT2D eigenvalue weighted by atomic mass is 9.79. The molecule has 2 aliphatic rings. The third-order valence-corrected chi connectivity index (χ3v) is 6.34. The molecule has 2 fully saturated rings. The van der Waals surface area contributed by atoms with E-state index in [1.165, 1.54) is 11.3 Å². The predicted molar refractivity (Wildman–Crippen MR) is 87.6 cm³/mol. The highest BCUT2D eigenvalue weighted by Crippen LogP contribution is 2.30. The normalized spacial score (nSPS) is 26.8. The first kappa shape index (κ1) is 16.2. The van der Waals surface area contributed by atoms with Crippen LogP contribution in [0.5, 0.6) is 0 Å². The van der Waals surface area contributed by atoms with Crippen molar-refractivity contribution in [1.29, 1.82) is 0 Å². The average Bonchev–Trinajstić information content (AvgIpc) is 3.05. The van der Waals surface area contributed by atoms with Gasteiger partial charge >= 0.3 is 0 Å². The Morgan fingerprint density at radius 2 is 2.09 bits per heavy atom. The van der Waals surface area contributed by atoms with Crippen LogP contribution in [0.3, 0.4) is 0 Å². The van der Waals surface area contributed by atoms with Crippen molar-refractivity contribution in [1.82, 2.24) is 10.3 Å². The second kappa shape index (κ2) is 7.77. The van der Waals surface area contributed by atoms with Crippen molar-refractivity contribution >= 4 is 29.0 Å². The fourth-order valence-corrected chi connectivity index (χ4v) is 4.49. The van der Waals surface area contributed by atoms with Gasteiger partial charge in [0.25, 0.3) is 5.91 Å². The molecule has 1 aromatic heterocycles. The van der Waals surface area contributed by atoms with Crippen molar-refractivity contribution in [2.75, 3.05) is 32.7 Å². The molecule has 1 amide bonds. The van der Waals surface area contributed by atoms with Crippen LogP contribution in [0.25, 0.3) is 0 Å². The summed E-state index contributed by atoms with van der Waals surface area (Å²) in [4.78, 5) is 16.8. The Hall–Kier alpha value is -0.630. The predicted octanol–water partition coefficient (Wildman–Crippen LogP) is 2.43. The minimum Gasteiger partial charge on any atom is -0.381 e. The van der Waals surface area contributed by atoms with E-state index in [-0.39, 0.29) is 11.9 Å². The zero-order valence-corrected chi connectivity index (χ0v) is 14.4. The maximum atomic E-state index is 12.4. The second-order valence-electron chi connectivity index (χ2n) is 5.76. The van der Waals surface area contributed by atoms with Crippen LogP contribution in [0.15, 0.2) is 9.72 Å². The number of hydrogen-bond donors (Lipinski definition) is 1. The number of carbonyl (C=O) groups is 1. The molecule has 0 radical (unpaired) electrons. The summed E-state index contributed by atoms with van der Waals surface area (Å²) in [6.45, 7) is 3.11. The van der Waals surface area contributed by atoms with Crippen molar-refractivity contribution in [2.45, 2.75) is 29.6 Å². The van der Waals surface area contributed by atoms with Gasteiger partial charge in [-0.2, -0.15) is 0 Å². The summed E-state index contributed by atoms with van der Waals surface area (Å²) >= 11 is 3.09. The van der Waals surface area contributed by atoms with Gasteiger partial charge in [0.1, 0.15) is 10.0 Å². The zero-order chi connectivity index (χ0) is 15.4. The minimum atomic E-state index is -0.0551. The highest BCUT2D eigenvalue weighted by molar-refractivity contribution is 8.00. The number of rotatable bonds is 4. The summed E-state index contributed by atoms with van der Waals surface area (Å²) in [6.07, 6.45) is 4.98. The molecule has 2 saturated heterocycles. The van der Waals surface area contributed by atoms with Gasteiger partial charge in [-0.3, -0.25) is 4.79 Å². The van der Waals surface area contributed by atoms with Gasteiger partial charge in [0.2, 0.25) is 0 Å². The highest BCUT2D eigenvalue weighted by Gasteiger charge is 2.34. The van der Waals surface area contributed by atoms with E-state index >= 15 is 0 Å². The monoisotopic (exact) mass is 342 g/mol. The molecule has 0 aromatic carbocycles. The Morgan fingerprint density at radius 1 is 1.32 bits per heavy atom. The third kappa shape index (κ3) is 3.82. The summed E-state index contributed by atoms with van der Waals surface area (Å²) in [5.41, 5.74) is 0.534. The van der Waals surface area contributed by atoms with Gasteiger partial charge in [0, 0.05) is 37.2 Å². The number of thioether (sulfide) groups is 1. The molecule has 7 heteroatoms. The van der Waals surface area contributed by atoms with Crippen LogP contribution in [0.2, 0.25) is 0 Å². The van der Waals surface area contributed by atoms with Gasteiger partial charge < -0.3 is 14.8 Å². The molecule has 0 spiro atoms. The molecule has 5 nitrogen and oxygen atoms in total. The zero-order valence-electron chi connectivity index (χ0n) is 12.7. The molecule has 22 heavy (non-hydrogen) atoms. The van der Waals surface area contributed by atoms with Crippen LogP contribution in [0.4, 0.5) is 0 Å². The average molecular weight is 342 g/mol. The number of hydrogen-bond acceptors (Lipinski definition) is 6. The lowest BCUT2D eigenvalue weighted by molar-refractivity contribution is -0.0259. The Labute approximate surface area is 139 Å². The first-order chi connectivity index (χ1) is 10.8. The SMILES string of the molecule is CSc1nc(C(=O)N[C@H]2CCOC[C@H]2C2CCOCC2)cs1. The van der Waals surface area contributed by atoms with E-state index in [0.29, 0.717) is 17.5 Å². The van der Waals surface area contributed by atoms with Crippen LogP contribution in [-0.4, -0.2) is 49.6 Å². The summed E-state index contributed by atoms with van der Waals surface area (Å²) < 4.78 is 12.0. The third-order valence-electron chi connectivity index (χ3n) is 4.48. The molecule has 1 aromatic rings. The van der Waals surface area contributed by atoms with Crippen LogP contribution < -0.4 is 5.32 Å². The maximum Gasteiger partial charge on any atom is 0.271 e. The largest absolute Gasteiger partial charge is 0.381 e. The Balaban J connectivity index is 1.64. The standard InChI is InChI=1S/C15H22N2O3S2/c1-21-15-17-13(9-22-15)14(18)16-12-4-7-20-8-11(12)10-2-5-19-6-3-10/h9-12H,2-8H2,1H3,(H,16,18)/t11-,12-/m0/s1. The molecule has 0 aliphatic carbocycles. The lowest BCUT2D eigenvalue weighted by Gasteiger charge is -2.38. The van der Waals surface area contributed by atoms with Crippen LogP contribution >= 0.6 is 23.1 Å². The van der Waals surface area contributed by atoms with Crippen molar-refractivity contribution in [3.8, 4) is 0 Å². The minimum absolute atomic E-state index is 0.0551. The maximum absolute atomic E-state index is 12.4. The smallest absolute Gasteiger partial charge is 0.271 e. The van der Waals surface area contributed by atoms with Crippen molar-refractivity contribution in [2.24, 2.45) is 11.8 Å². The molecule has 122 valence electrons. The van der Waals surface area contributed by atoms with Gasteiger partial charge in [0.15, 0.2) is 0 Å². The topological polar surface area (TPSA) is 60.5 Å². The van der Waals surface area contributed by atoms with Crippen LogP contribution in [-0.2, 0) is 9.47 Å². The quantitative estimate of drug-likeness (QED) is 0.852. The first-order valence-corrected chi connectivity index (χ1v) is 9.84. The molecular weight excluding hydrogens is 320 g/mol. The Morgan fingerprint density at radius 3 is 2.82 bits per heavy atom. The highest BCUT2D eigenvalue weighted by atomic mass is 32.2. The molecular formula is C15H22N2O3S2. The van der Waals surface area contributed by atoms with Crippen molar-refractivity contribution in [3.05, 3.63) is 11.1 Å². The summed E-state index contributed by atoms with van der Waals surface area (Å²) in [6, 6.07) is 0.184. The van der Waals surface area contributed by atoms with Gasteiger partial charge in [-0.05, 0) is 31.4 Å². The second-order valence-corrected chi connectivity index (χ2v) is 7.67. The Kier molecular flexibility index (Phi) is 5.73. The van der Waals surface area contributed by atoms with Crippen LogP contribution in [0.1, 0.15) is 29.8 Å². The number of amides is 1. The van der Waals surface area contributed by atoms with E-state index in [2.05, 4.69) is 10.3 Å². The Bertz CT molecular complexity index is 503. The summed E-state index contributed by atoms with van der Waals surface area (Å²) in [5, 5.41) is 5.03. The van der Waals surface area contributed by atoms with E-state index in [9.17, 15) is 4.79 Å². The number of nitrogens with one attached hydrogen (secondary N) is 1. The number of thiazole rings is 1. The molecule has 0 bridgehead atoms. The number of carbonyl (C=O) groups excluding carboxylic acids is 1.